The molecule has 8 heterocycles. The molecule has 2 saturated heterocycles. The van der Waals surface area contributed by atoms with Crippen molar-refractivity contribution in [2.75, 3.05) is 83.7 Å². The third-order valence-electron chi connectivity index (χ3n) is 18.3. The van der Waals surface area contributed by atoms with E-state index in [-0.39, 0.29) is 74.3 Å². The van der Waals surface area contributed by atoms with Crippen LogP contribution in [0, 0.1) is 38.2 Å². The van der Waals surface area contributed by atoms with Gasteiger partial charge in [-0.05, 0) is 108 Å². The van der Waals surface area contributed by atoms with E-state index in [1.807, 2.05) is 82.4 Å². The first-order valence-corrected chi connectivity index (χ1v) is 35.1. The Balaban J connectivity index is 0.000000180. The predicted molar refractivity (Wildman–Crippen MR) is 392 cm³/mol. The van der Waals surface area contributed by atoms with Crippen LogP contribution in [0.4, 0.5) is 30.6 Å². The fourth-order valence-electron chi connectivity index (χ4n) is 12.8. The number of hydrogen-bond acceptors (Lipinski definition) is 19. The Morgan fingerprint density at radius 3 is 1.41 bits per heavy atom. The van der Waals surface area contributed by atoms with Crippen molar-refractivity contribution in [1.82, 2.24) is 68.4 Å². The summed E-state index contributed by atoms with van der Waals surface area (Å²) >= 11 is 12.6. The number of rotatable bonds is 21. The summed E-state index contributed by atoms with van der Waals surface area (Å²) in [6.07, 6.45) is 9.02. The number of amides is 3. The fraction of sp³-hybridized carbons (Fsp3) is 0.466. The summed E-state index contributed by atoms with van der Waals surface area (Å²) in [4.78, 5) is 72.5. The highest BCUT2D eigenvalue weighted by atomic mass is 35.5. The number of halogens is 5. The van der Waals surface area contributed by atoms with E-state index in [1.165, 1.54) is 25.1 Å². The van der Waals surface area contributed by atoms with Crippen LogP contribution in [0.5, 0.6) is 17.2 Å². The molecule has 0 saturated carbocycles. The molecular formula is C73H94Cl2F3N17O8. The first-order valence-electron chi connectivity index (χ1n) is 34.4. The summed E-state index contributed by atoms with van der Waals surface area (Å²) in [5.41, 5.74) is 23.6. The van der Waals surface area contributed by atoms with Gasteiger partial charge in [0.1, 0.15) is 91.2 Å². The van der Waals surface area contributed by atoms with Crippen LogP contribution in [0.3, 0.4) is 0 Å². The van der Waals surface area contributed by atoms with Gasteiger partial charge >= 0.3 is 0 Å². The number of hydrogen-bond donors (Lipinski definition) is 6. The van der Waals surface area contributed by atoms with Gasteiger partial charge in [-0.25, -0.2) is 43.1 Å². The second-order valence-corrected chi connectivity index (χ2v) is 27.8. The molecule has 0 bridgehead atoms. The lowest BCUT2D eigenvalue weighted by Gasteiger charge is -2.32. The molecule has 3 aromatic carbocycles. The standard InChI is InChI=1S/C26H35ClFN7O2.C24H30FN5O3.C23H29ClFN5O3/c1-15(2)37-23-18(16(3)25-32-17(4)22-24(29)30-7-9-35(22)25)14-19(27)21(28)20(23)26(36)31-6-8-34-12-10-33(5)11-13-34;1-13(2)33-21-17(14(3)23-28-15(4)20-22(26)27-9-11-30(20)23)6-7-18(25)19(21)24(31)29-10-8-16(12-29)32-5;1-10(2)33-20-15(9-16(24)18(25)17(20)23(32)29-12(4)14(6)31)11(3)22-28-13(5)19-21(26)27-7-8-30(19)22/h7,9,14-16H,6,8,10-13H2,1-5H3,(H2,29,30)(H,31,36);6-7,9,11,13-14,16H,8,10,12H2,1-5H3,(H2,26,27);7-12,14,31H,1-6H3,(H2,26,27)(H,29,32). The van der Waals surface area contributed by atoms with Gasteiger partial charge in [0.25, 0.3) is 17.7 Å². The van der Waals surface area contributed by atoms with Crippen molar-refractivity contribution in [1.29, 1.82) is 0 Å². The number of likely N-dealkylation sites (N-methyl/N-ethyl adjacent to an activating group) is 1. The smallest absolute Gasteiger partial charge is 0.260 e. The second-order valence-electron chi connectivity index (χ2n) is 27.0. The van der Waals surface area contributed by atoms with Crippen molar-refractivity contribution in [3.8, 4) is 17.2 Å². The molecule has 0 radical (unpaired) electrons. The first kappa shape index (κ1) is 78.1. The molecule has 6 unspecified atom stereocenters. The molecule has 6 aromatic heterocycles. The van der Waals surface area contributed by atoms with Crippen molar-refractivity contribution < 1.29 is 51.6 Å². The summed E-state index contributed by atoms with van der Waals surface area (Å²) in [5, 5.41) is 14.9. The Morgan fingerprint density at radius 2 is 1.01 bits per heavy atom. The summed E-state index contributed by atoms with van der Waals surface area (Å²) < 4.78 is 74.8. The number of nitrogens with zero attached hydrogens (tertiary/aromatic N) is 12. The van der Waals surface area contributed by atoms with E-state index >= 15 is 13.2 Å². The second kappa shape index (κ2) is 33.2. The highest BCUT2D eigenvalue weighted by Crippen LogP contribution is 2.43. The molecule has 2 aliphatic heterocycles. The number of likely N-dealkylation sites (tertiary alicyclic amines) is 1. The molecule has 103 heavy (non-hydrogen) atoms. The lowest BCUT2D eigenvalue weighted by atomic mass is 9.95. The van der Waals surface area contributed by atoms with Crippen LogP contribution in [0.25, 0.3) is 16.6 Å². The Bertz CT molecular complexity index is 4580. The number of piperazine rings is 1. The van der Waals surface area contributed by atoms with E-state index < -0.39 is 59.2 Å². The number of aryl methyl sites for hydroxylation is 3. The van der Waals surface area contributed by atoms with Gasteiger partial charge in [0.05, 0.1) is 63.7 Å². The van der Waals surface area contributed by atoms with Crippen LogP contribution < -0.4 is 42.0 Å². The summed E-state index contributed by atoms with van der Waals surface area (Å²) in [7, 11) is 3.71. The summed E-state index contributed by atoms with van der Waals surface area (Å²) in [6, 6.07) is 5.35. The Morgan fingerprint density at radius 1 is 0.602 bits per heavy atom. The van der Waals surface area contributed by atoms with Crippen molar-refractivity contribution >= 4 is 74.9 Å². The lowest BCUT2D eigenvalue weighted by Crippen LogP contribution is -2.47. The number of nitrogen functional groups attached to an aromatic ring is 3. The molecule has 0 spiro atoms. The van der Waals surface area contributed by atoms with Crippen molar-refractivity contribution in [2.45, 2.75) is 158 Å². The van der Waals surface area contributed by atoms with E-state index in [4.69, 9.17) is 69.3 Å². The van der Waals surface area contributed by atoms with E-state index in [1.54, 1.807) is 76.0 Å². The van der Waals surface area contributed by atoms with E-state index in [9.17, 15) is 19.5 Å². The van der Waals surface area contributed by atoms with Crippen LogP contribution in [0.15, 0.2) is 61.4 Å². The molecule has 11 rings (SSSR count). The summed E-state index contributed by atoms with van der Waals surface area (Å²) in [5.74, 6) is -1.59. The quantitative estimate of drug-likeness (QED) is 0.0389. The lowest BCUT2D eigenvalue weighted by molar-refractivity contribution is 0.0713. The number of benzene rings is 3. The number of fused-ring (bicyclic) bond motifs is 3. The van der Waals surface area contributed by atoms with E-state index in [2.05, 4.69) is 47.4 Å². The van der Waals surface area contributed by atoms with Crippen molar-refractivity contribution in [3.63, 3.8) is 0 Å². The minimum atomic E-state index is -0.892. The zero-order valence-electron chi connectivity index (χ0n) is 61.1. The number of methoxy groups -OCH3 is 1. The molecule has 30 heteroatoms. The number of aliphatic hydroxyl groups excluding tert-OH is 1. The van der Waals surface area contributed by atoms with Crippen molar-refractivity contribution in [3.05, 3.63) is 157 Å². The zero-order chi connectivity index (χ0) is 75.3. The number of carbonyl (C=O) groups is 3. The average molecular weight is 1470 g/mol. The summed E-state index contributed by atoms with van der Waals surface area (Å²) in [6.45, 7) is 31.2. The van der Waals surface area contributed by atoms with Crippen LogP contribution in [-0.4, -0.2) is 184 Å². The molecule has 554 valence electrons. The average Bonchev–Trinajstić information content (AvgIpc) is 1.71. The number of ether oxygens (including phenoxy) is 4. The highest BCUT2D eigenvalue weighted by Gasteiger charge is 2.36. The maximum absolute atomic E-state index is 15.4. The molecule has 0 aliphatic carbocycles. The number of carbonyl (C=O) groups excluding carboxylic acids is 3. The number of nitrogens with two attached hydrogens (primary N) is 3. The number of aliphatic hydroxyl groups is 1. The molecule has 2 aliphatic rings. The molecule has 25 nitrogen and oxygen atoms in total. The maximum Gasteiger partial charge on any atom is 0.260 e. The van der Waals surface area contributed by atoms with E-state index in [0.29, 0.717) is 100 Å². The van der Waals surface area contributed by atoms with Crippen LogP contribution >= 0.6 is 23.2 Å². The van der Waals surface area contributed by atoms with Gasteiger partial charge in [0.15, 0.2) is 11.6 Å². The Hall–Kier alpha value is -9.06. The minimum Gasteiger partial charge on any atom is -0.490 e. The van der Waals surface area contributed by atoms with Gasteiger partial charge in [-0.2, -0.15) is 0 Å². The van der Waals surface area contributed by atoms with Crippen LogP contribution in [-0.2, 0) is 4.74 Å². The first-order chi connectivity index (χ1) is 48.7. The zero-order valence-corrected chi connectivity index (χ0v) is 62.6. The van der Waals surface area contributed by atoms with Crippen LogP contribution in [0.1, 0.15) is 183 Å². The van der Waals surface area contributed by atoms with Gasteiger partial charge in [-0.3, -0.25) is 32.5 Å². The van der Waals surface area contributed by atoms with Gasteiger partial charge < -0.3 is 61.7 Å². The number of aromatic nitrogens is 9. The maximum atomic E-state index is 15.4. The molecular weight excluding hydrogens is 1370 g/mol. The molecule has 3 amide bonds. The fourth-order valence-corrected chi connectivity index (χ4v) is 13.2. The minimum absolute atomic E-state index is 0.0492. The van der Waals surface area contributed by atoms with Crippen molar-refractivity contribution in [2.24, 2.45) is 0 Å². The number of anilines is 3. The van der Waals surface area contributed by atoms with Gasteiger partial charge in [-0.15, -0.1) is 0 Å². The topological polar surface area (TPSA) is 311 Å². The molecule has 6 atom stereocenters. The third kappa shape index (κ3) is 17.0. The van der Waals surface area contributed by atoms with Gasteiger partial charge in [-0.1, -0.05) is 50.0 Å². The molecule has 9 N–H and O–H groups in total. The molecule has 9 aromatic rings. The Labute approximate surface area is 607 Å². The number of imidazole rings is 3. The van der Waals surface area contributed by atoms with Gasteiger partial charge in [0, 0.05) is 131 Å². The van der Waals surface area contributed by atoms with E-state index in [0.717, 1.165) is 43.8 Å². The number of nitrogens with one attached hydrogen (secondary N) is 2. The monoisotopic (exact) mass is 1460 g/mol. The Kier molecular flexibility index (Phi) is 25.1. The third-order valence-corrected chi connectivity index (χ3v) is 18.9. The predicted octanol–water partition coefficient (Wildman–Crippen LogP) is 10.7. The normalized spacial score (nSPS) is 15.8. The van der Waals surface area contributed by atoms with Gasteiger partial charge in [0.2, 0.25) is 0 Å². The highest BCUT2D eigenvalue weighted by molar-refractivity contribution is 6.31. The SMILES string of the molecule is COC1CCN(C(=O)c2c(F)ccc(C(C)c3nc(C)c4c(N)nccn34)c2OC(C)C)C1.Cc1nc(C(C)c2cc(Cl)c(F)c(C(=O)NC(C)C(C)O)c2OC(C)C)n2ccnc(N)c12.Cc1nc(C(C)c2cc(Cl)c(F)c(C(=O)NCCN3CCN(C)CC3)c2OC(C)C)n2ccnc(N)c12. The largest absolute Gasteiger partial charge is 0.490 e. The molecule has 2 fully saturated rings. The van der Waals surface area contributed by atoms with Crippen LogP contribution in [0.2, 0.25) is 10.0 Å².